The second kappa shape index (κ2) is 8.06. The third-order valence-electron chi connectivity index (χ3n) is 3.69. The van der Waals surface area contributed by atoms with Gasteiger partial charge in [0.1, 0.15) is 5.75 Å². The lowest BCUT2D eigenvalue weighted by molar-refractivity contribution is -0.119. The summed E-state index contributed by atoms with van der Waals surface area (Å²) in [6, 6.07) is 7.55. The van der Waals surface area contributed by atoms with Crippen molar-refractivity contribution in [2.75, 3.05) is 23.9 Å². The molecule has 1 aliphatic heterocycles. The number of nitrogens with one attached hydrogen (secondary N) is 1. The van der Waals surface area contributed by atoms with Crippen molar-refractivity contribution in [2.45, 2.75) is 31.6 Å². The SMILES string of the molecule is CCOc1cccc([C@H](C)NC(=O)CS[C@H]2CCS(=O)(=O)C2)c1. The largest absolute Gasteiger partial charge is 0.494 e. The zero-order valence-electron chi connectivity index (χ0n) is 13.4. The summed E-state index contributed by atoms with van der Waals surface area (Å²) in [6.45, 7) is 4.46. The Labute approximate surface area is 142 Å². The number of carbonyl (C=O) groups excluding carboxylic acids is 1. The molecular formula is C16H23NO4S2. The quantitative estimate of drug-likeness (QED) is 0.810. The normalized spacial score (nSPS) is 20.9. The molecule has 1 fully saturated rings. The molecule has 0 saturated carbocycles. The van der Waals surface area contributed by atoms with Crippen molar-refractivity contribution < 1.29 is 17.9 Å². The Balaban J connectivity index is 1.81. The van der Waals surface area contributed by atoms with Gasteiger partial charge in [-0.25, -0.2) is 8.42 Å². The molecule has 1 aromatic carbocycles. The highest BCUT2D eigenvalue weighted by Crippen LogP contribution is 2.24. The van der Waals surface area contributed by atoms with E-state index in [1.54, 1.807) is 0 Å². The van der Waals surface area contributed by atoms with Crippen LogP contribution in [0.2, 0.25) is 0 Å². The average molecular weight is 357 g/mol. The lowest BCUT2D eigenvalue weighted by atomic mass is 10.1. The van der Waals surface area contributed by atoms with Crippen LogP contribution in [-0.2, 0) is 14.6 Å². The Morgan fingerprint density at radius 1 is 1.48 bits per heavy atom. The van der Waals surface area contributed by atoms with Crippen LogP contribution in [0.15, 0.2) is 24.3 Å². The summed E-state index contributed by atoms with van der Waals surface area (Å²) in [7, 11) is -2.89. The van der Waals surface area contributed by atoms with Gasteiger partial charge >= 0.3 is 0 Å². The van der Waals surface area contributed by atoms with Gasteiger partial charge in [-0.3, -0.25) is 4.79 Å². The first-order valence-corrected chi connectivity index (χ1v) is 10.6. The van der Waals surface area contributed by atoms with Gasteiger partial charge in [0, 0.05) is 5.25 Å². The number of carbonyl (C=O) groups is 1. The zero-order chi connectivity index (χ0) is 16.9. The molecule has 7 heteroatoms. The zero-order valence-corrected chi connectivity index (χ0v) is 15.1. The maximum Gasteiger partial charge on any atom is 0.230 e. The van der Waals surface area contributed by atoms with Crippen LogP contribution in [0.1, 0.15) is 31.9 Å². The minimum absolute atomic E-state index is 0.0438. The van der Waals surface area contributed by atoms with E-state index in [9.17, 15) is 13.2 Å². The van der Waals surface area contributed by atoms with Gasteiger partial charge in [-0.05, 0) is 38.0 Å². The van der Waals surface area contributed by atoms with Gasteiger partial charge in [0.2, 0.25) is 5.91 Å². The van der Waals surface area contributed by atoms with Crippen molar-refractivity contribution >= 4 is 27.5 Å². The van der Waals surface area contributed by atoms with Gasteiger partial charge in [0.05, 0.1) is 29.9 Å². The molecule has 1 aromatic rings. The van der Waals surface area contributed by atoms with E-state index in [1.807, 2.05) is 38.1 Å². The van der Waals surface area contributed by atoms with Crippen LogP contribution in [-0.4, -0.2) is 43.4 Å². The van der Waals surface area contributed by atoms with Crippen molar-refractivity contribution in [3.05, 3.63) is 29.8 Å². The van der Waals surface area contributed by atoms with E-state index < -0.39 is 9.84 Å². The molecule has 1 saturated heterocycles. The van der Waals surface area contributed by atoms with Crippen LogP contribution in [0.5, 0.6) is 5.75 Å². The molecule has 1 aliphatic rings. The van der Waals surface area contributed by atoms with Crippen molar-refractivity contribution in [3.63, 3.8) is 0 Å². The molecule has 0 bridgehead atoms. The summed E-state index contributed by atoms with van der Waals surface area (Å²) in [4.78, 5) is 12.0. The van der Waals surface area contributed by atoms with Crippen LogP contribution < -0.4 is 10.1 Å². The highest BCUT2D eigenvalue weighted by atomic mass is 32.2. The Morgan fingerprint density at radius 2 is 2.26 bits per heavy atom. The molecule has 2 atom stereocenters. The number of sulfone groups is 1. The number of amides is 1. The molecule has 1 heterocycles. The Kier molecular flexibility index (Phi) is 6.35. The maximum atomic E-state index is 12.0. The predicted molar refractivity (Wildman–Crippen MR) is 93.7 cm³/mol. The van der Waals surface area contributed by atoms with Crippen LogP contribution in [0, 0.1) is 0 Å². The van der Waals surface area contributed by atoms with Crippen LogP contribution in [0.3, 0.4) is 0 Å². The first-order chi connectivity index (χ1) is 10.9. The molecule has 0 unspecified atom stereocenters. The van der Waals surface area contributed by atoms with Crippen molar-refractivity contribution in [2.24, 2.45) is 0 Å². The summed E-state index contributed by atoms with van der Waals surface area (Å²) in [5.41, 5.74) is 0.984. The summed E-state index contributed by atoms with van der Waals surface area (Å²) in [5, 5.41) is 2.99. The number of rotatable bonds is 7. The van der Waals surface area contributed by atoms with Gasteiger partial charge in [0.25, 0.3) is 0 Å². The van der Waals surface area contributed by atoms with Gasteiger partial charge < -0.3 is 10.1 Å². The Hall–Kier alpha value is -1.21. The van der Waals surface area contributed by atoms with E-state index in [-0.39, 0.29) is 34.5 Å². The summed E-state index contributed by atoms with van der Waals surface area (Å²) < 4.78 is 28.3. The lowest BCUT2D eigenvalue weighted by Crippen LogP contribution is -2.29. The molecule has 5 nitrogen and oxygen atoms in total. The molecule has 2 rings (SSSR count). The van der Waals surface area contributed by atoms with Crippen molar-refractivity contribution in [3.8, 4) is 5.75 Å². The first kappa shape index (κ1) is 18.1. The van der Waals surface area contributed by atoms with E-state index in [1.165, 1.54) is 11.8 Å². The number of thioether (sulfide) groups is 1. The van der Waals surface area contributed by atoms with Crippen molar-refractivity contribution in [1.29, 1.82) is 0 Å². The number of benzene rings is 1. The molecule has 128 valence electrons. The third kappa shape index (κ3) is 5.73. The van der Waals surface area contributed by atoms with Crippen molar-refractivity contribution in [1.82, 2.24) is 5.32 Å². The molecule has 23 heavy (non-hydrogen) atoms. The van der Waals surface area contributed by atoms with E-state index in [0.717, 1.165) is 11.3 Å². The second-order valence-electron chi connectivity index (χ2n) is 5.63. The summed E-state index contributed by atoms with van der Waals surface area (Å²) in [5.74, 6) is 1.43. The molecule has 0 radical (unpaired) electrons. The van der Waals surface area contributed by atoms with E-state index in [4.69, 9.17) is 4.74 Å². The van der Waals surface area contributed by atoms with E-state index >= 15 is 0 Å². The monoisotopic (exact) mass is 357 g/mol. The van der Waals surface area contributed by atoms with Crippen LogP contribution in [0.4, 0.5) is 0 Å². The molecule has 0 aromatic heterocycles. The highest BCUT2D eigenvalue weighted by molar-refractivity contribution is 8.02. The minimum Gasteiger partial charge on any atom is -0.494 e. The van der Waals surface area contributed by atoms with E-state index in [0.29, 0.717) is 13.0 Å². The standard InChI is InChI=1S/C16H23NO4S2/c1-3-21-14-6-4-5-13(9-14)12(2)17-16(18)10-22-15-7-8-23(19,20)11-15/h4-6,9,12,15H,3,7-8,10-11H2,1-2H3,(H,17,18)/t12-,15-/m0/s1. The number of hydrogen-bond acceptors (Lipinski definition) is 5. The van der Waals surface area contributed by atoms with Gasteiger partial charge in [-0.1, -0.05) is 12.1 Å². The van der Waals surface area contributed by atoms with Crippen LogP contribution in [0.25, 0.3) is 0 Å². The molecule has 0 spiro atoms. The highest BCUT2D eigenvalue weighted by Gasteiger charge is 2.28. The minimum atomic E-state index is -2.89. The fraction of sp³-hybridized carbons (Fsp3) is 0.562. The smallest absolute Gasteiger partial charge is 0.230 e. The molecule has 0 aliphatic carbocycles. The summed E-state index contributed by atoms with van der Waals surface area (Å²) >= 11 is 1.43. The number of hydrogen-bond donors (Lipinski definition) is 1. The van der Waals surface area contributed by atoms with Crippen LogP contribution >= 0.6 is 11.8 Å². The summed E-state index contributed by atoms with van der Waals surface area (Å²) in [6.07, 6.45) is 0.645. The molecule has 1 amide bonds. The predicted octanol–water partition coefficient (Wildman–Crippen LogP) is 2.18. The Morgan fingerprint density at radius 3 is 2.91 bits per heavy atom. The first-order valence-electron chi connectivity index (χ1n) is 7.74. The number of ether oxygens (including phenoxy) is 1. The Bertz CT molecular complexity index is 645. The lowest BCUT2D eigenvalue weighted by Gasteiger charge is -2.16. The maximum absolute atomic E-state index is 12.0. The van der Waals surface area contributed by atoms with Gasteiger partial charge in [-0.15, -0.1) is 11.8 Å². The topological polar surface area (TPSA) is 72.5 Å². The molecule has 1 N–H and O–H groups in total. The van der Waals surface area contributed by atoms with Gasteiger partial charge in [-0.2, -0.15) is 0 Å². The van der Waals surface area contributed by atoms with E-state index in [2.05, 4.69) is 5.32 Å². The third-order valence-corrected chi connectivity index (χ3v) is 6.97. The second-order valence-corrected chi connectivity index (χ2v) is 9.15. The fourth-order valence-electron chi connectivity index (χ4n) is 2.49. The average Bonchev–Trinajstić information content (AvgIpc) is 2.85. The molecular weight excluding hydrogens is 334 g/mol. The fourth-order valence-corrected chi connectivity index (χ4v) is 5.95. The van der Waals surface area contributed by atoms with Gasteiger partial charge in [0.15, 0.2) is 9.84 Å².